The van der Waals surface area contributed by atoms with Crippen molar-refractivity contribution in [1.82, 2.24) is 10.0 Å². The number of hydrogen-bond acceptors (Lipinski definition) is 4. The number of nitrogen functional groups attached to an aromatic ring is 1. The van der Waals surface area contributed by atoms with Crippen LogP contribution in [0.3, 0.4) is 0 Å². The van der Waals surface area contributed by atoms with Crippen molar-refractivity contribution >= 4 is 21.7 Å². The molecule has 4 N–H and O–H groups in total. The molecule has 0 aliphatic heterocycles. The predicted octanol–water partition coefficient (Wildman–Crippen LogP) is 1.11. The quantitative estimate of drug-likeness (QED) is 0.723. The molecule has 0 fully saturated rings. The number of anilines is 1. The highest BCUT2D eigenvalue weighted by Gasteiger charge is 2.19. The van der Waals surface area contributed by atoms with Gasteiger partial charge in [0.2, 0.25) is 0 Å². The van der Waals surface area contributed by atoms with Gasteiger partial charge in [-0.05, 0) is 25.5 Å². The second-order valence-electron chi connectivity index (χ2n) is 3.98. The molecule has 6 nitrogen and oxygen atoms in total. The molecule has 0 aromatic heterocycles. The van der Waals surface area contributed by atoms with E-state index in [1.807, 2.05) is 6.92 Å². The number of carbonyl (C=O) groups excluding carboxylic acids is 1. The van der Waals surface area contributed by atoms with Gasteiger partial charge in [-0.2, -0.15) is 0 Å². The normalized spacial score (nSPS) is 11.1. The minimum Gasteiger partial charge on any atom is -0.398 e. The first-order valence-electron chi connectivity index (χ1n) is 5.64. The summed E-state index contributed by atoms with van der Waals surface area (Å²) in [6.07, 6.45) is 0.666. The highest BCUT2D eigenvalue weighted by molar-refractivity contribution is 7.90. The molecule has 0 unspecified atom stereocenters. The molecule has 106 valence electrons. The van der Waals surface area contributed by atoms with Crippen LogP contribution in [0.4, 0.5) is 14.9 Å². The minimum absolute atomic E-state index is 0.00865. The van der Waals surface area contributed by atoms with E-state index in [2.05, 4.69) is 5.32 Å². The summed E-state index contributed by atoms with van der Waals surface area (Å²) in [5.41, 5.74) is 5.67. The molecule has 1 aromatic carbocycles. The molecule has 0 bridgehead atoms. The van der Waals surface area contributed by atoms with Crippen molar-refractivity contribution in [1.29, 1.82) is 0 Å². The van der Waals surface area contributed by atoms with Crippen LogP contribution in [0.1, 0.15) is 18.9 Å². The highest BCUT2D eigenvalue weighted by Crippen LogP contribution is 2.20. The maximum atomic E-state index is 13.4. The fourth-order valence-electron chi connectivity index (χ4n) is 1.28. The number of sulfonamides is 1. The van der Waals surface area contributed by atoms with Gasteiger partial charge >= 0.3 is 6.03 Å². The molecule has 0 aliphatic carbocycles. The van der Waals surface area contributed by atoms with E-state index in [1.165, 1.54) is 6.92 Å². The smallest absolute Gasteiger partial charge is 0.328 e. The Morgan fingerprint density at radius 3 is 2.58 bits per heavy atom. The first-order chi connectivity index (χ1) is 8.77. The summed E-state index contributed by atoms with van der Waals surface area (Å²) in [5.74, 6) is -0.741. The van der Waals surface area contributed by atoms with E-state index in [9.17, 15) is 17.6 Å². The van der Waals surface area contributed by atoms with Gasteiger partial charge < -0.3 is 11.1 Å². The average molecular weight is 289 g/mol. The summed E-state index contributed by atoms with van der Waals surface area (Å²) >= 11 is 0. The van der Waals surface area contributed by atoms with Crippen molar-refractivity contribution < 1.29 is 17.6 Å². The van der Waals surface area contributed by atoms with Crippen LogP contribution in [0.2, 0.25) is 0 Å². The van der Waals surface area contributed by atoms with Gasteiger partial charge in [0.15, 0.2) is 0 Å². The molecule has 1 aromatic rings. The zero-order valence-electron chi connectivity index (χ0n) is 10.7. The lowest BCUT2D eigenvalue weighted by Crippen LogP contribution is -2.39. The number of hydrogen-bond donors (Lipinski definition) is 3. The largest absolute Gasteiger partial charge is 0.398 e. The predicted molar refractivity (Wildman–Crippen MR) is 69.6 cm³/mol. The molecule has 0 saturated heterocycles. The van der Waals surface area contributed by atoms with E-state index in [4.69, 9.17) is 5.73 Å². The summed E-state index contributed by atoms with van der Waals surface area (Å²) in [4.78, 5) is 10.9. The number of urea groups is 1. The second-order valence-corrected chi connectivity index (χ2v) is 5.66. The lowest BCUT2D eigenvalue weighted by atomic mass is 10.2. The third-order valence-electron chi connectivity index (χ3n) is 2.43. The van der Waals surface area contributed by atoms with Crippen molar-refractivity contribution in [2.75, 3.05) is 12.3 Å². The van der Waals surface area contributed by atoms with Crippen LogP contribution in [0.15, 0.2) is 17.0 Å². The maximum Gasteiger partial charge on any atom is 0.328 e. The lowest BCUT2D eigenvalue weighted by Gasteiger charge is -2.10. The van der Waals surface area contributed by atoms with Crippen LogP contribution in [0.25, 0.3) is 0 Å². The van der Waals surface area contributed by atoms with Crippen molar-refractivity contribution in [2.45, 2.75) is 25.2 Å². The molecule has 0 heterocycles. The topological polar surface area (TPSA) is 101 Å². The number of halogens is 1. The van der Waals surface area contributed by atoms with E-state index in [-0.39, 0.29) is 16.1 Å². The first kappa shape index (κ1) is 15.2. The number of nitrogens with one attached hydrogen (secondary N) is 2. The number of nitrogens with two attached hydrogens (primary N) is 1. The summed E-state index contributed by atoms with van der Waals surface area (Å²) in [7, 11) is -4.13. The maximum absolute atomic E-state index is 13.4. The van der Waals surface area contributed by atoms with Gasteiger partial charge in [-0.25, -0.2) is 22.3 Å². The van der Waals surface area contributed by atoms with E-state index in [0.29, 0.717) is 13.0 Å². The average Bonchev–Trinajstić information content (AvgIpc) is 2.32. The molecular formula is C11H16FN3O3S. The van der Waals surface area contributed by atoms with Crippen LogP contribution in [-0.2, 0) is 10.0 Å². The fourth-order valence-corrected chi connectivity index (χ4v) is 2.26. The third-order valence-corrected chi connectivity index (χ3v) is 3.74. The van der Waals surface area contributed by atoms with Crippen LogP contribution in [0.5, 0.6) is 0 Å². The van der Waals surface area contributed by atoms with E-state index < -0.39 is 21.9 Å². The summed E-state index contributed by atoms with van der Waals surface area (Å²) < 4.78 is 38.9. The highest BCUT2D eigenvalue weighted by atomic mass is 32.2. The van der Waals surface area contributed by atoms with Gasteiger partial charge in [-0.15, -0.1) is 0 Å². The summed E-state index contributed by atoms with van der Waals surface area (Å²) in [6, 6.07) is 1.07. The Kier molecular flexibility index (Phi) is 4.71. The van der Waals surface area contributed by atoms with E-state index in [0.717, 1.165) is 12.1 Å². The first-order valence-corrected chi connectivity index (χ1v) is 7.12. The van der Waals surface area contributed by atoms with Crippen molar-refractivity contribution in [2.24, 2.45) is 0 Å². The Labute approximate surface area is 111 Å². The van der Waals surface area contributed by atoms with Crippen LogP contribution in [0, 0.1) is 12.7 Å². The van der Waals surface area contributed by atoms with Gasteiger partial charge in [-0.1, -0.05) is 6.92 Å². The molecule has 0 spiro atoms. The fraction of sp³-hybridized carbons (Fsp3) is 0.364. The Hall–Kier alpha value is -1.83. The zero-order chi connectivity index (χ0) is 14.6. The Morgan fingerprint density at radius 2 is 2.05 bits per heavy atom. The molecule has 0 saturated carbocycles. The van der Waals surface area contributed by atoms with Crippen LogP contribution in [-0.4, -0.2) is 21.0 Å². The molecule has 0 radical (unpaired) electrons. The molecule has 0 aliphatic rings. The lowest BCUT2D eigenvalue weighted by molar-refractivity contribution is 0.246. The van der Waals surface area contributed by atoms with E-state index >= 15 is 0 Å². The summed E-state index contributed by atoms with van der Waals surface area (Å²) in [6.45, 7) is 3.60. The molecule has 19 heavy (non-hydrogen) atoms. The molecule has 2 amide bonds. The third kappa shape index (κ3) is 3.82. The molecule has 8 heteroatoms. The Balaban J connectivity index is 2.98. The number of carbonyl (C=O) groups is 1. The standard InChI is InChI=1S/C11H16FN3O3S/c1-3-4-14-11(16)15-19(17,18)8-5-9(12)7(2)10(13)6-8/h5-6H,3-4,13H2,1-2H3,(H2,14,15,16). The zero-order valence-corrected chi connectivity index (χ0v) is 11.5. The SMILES string of the molecule is CCCNC(=O)NS(=O)(=O)c1cc(N)c(C)c(F)c1. The van der Waals surface area contributed by atoms with E-state index in [1.54, 1.807) is 4.72 Å². The van der Waals surface area contributed by atoms with Crippen LogP contribution >= 0.6 is 0 Å². The number of amides is 2. The van der Waals surface area contributed by atoms with Gasteiger partial charge in [0, 0.05) is 17.8 Å². The molecular weight excluding hydrogens is 273 g/mol. The van der Waals surface area contributed by atoms with Gasteiger partial charge in [0.05, 0.1) is 4.90 Å². The Bertz CT molecular complexity index is 564. The minimum atomic E-state index is -4.13. The number of benzene rings is 1. The van der Waals surface area contributed by atoms with Crippen LogP contribution < -0.4 is 15.8 Å². The van der Waals surface area contributed by atoms with Crippen molar-refractivity contribution in [3.05, 3.63) is 23.5 Å². The van der Waals surface area contributed by atoms with Crippen molar-refractivity contribution in [3.63, 3.8) is 0 Å². The van der Waals surface area contributed by atoms with Gasteiger partial charge in [-0.3, -0.25) is 0 Å². The van der Waals surface area contributed by atoms with Crippen molar-refractivity contribution in [3.8, 4) is 0 Å². The number of rotatable bonds is 4. The second kappa shape index (κ2) is 5.87. The molecule has 1 rings (SSSR count). The molecule has 0 atom stereocenters. The van der Waals surface area contributed by atoms with Gasteiger partial charge in [0.1, 0.15) is 5.82 Å². The Morgan fingerprint density at radius 1 is 1.42 bits per heavy atom. The summed E-state index contributed by atoms with van der Waals surface area (Å²) in [5, 5.41) is 2.34. The van der Waals surface area contributed by atoms with Gasteiger partial charge in [0.25, 0.3) is 10.0 Å². The monoisotopic (exact) mass is 289 g/mol.